The average molecular weight is 546 g/mol. The summed E-state index contributed by atoms with van der Waals surface area (Å²) in [6.07, 6.45) is -4.72. The predicted molar refractivity (Wildman–Crippen MR) is 135 cm³/mol. The lowest BCUT2D eigenvalue weighted by Crippen LogP contribution is -2.19. The van der Waals surface area contributed by atoms with Gasteiger partial charge in [-0.2, -0.15) is 18.2 Å². The van der Waals surface area contributed by atoms with Gasteiger partial charge in [-0.05, 0) is 36.4 Å². The van der Waals surface area contributed by atoms with Gasteiger partial charge in [-0.15, -0.1) is 12.4 Å². The highest BCUT2D eigenvalue weighted by Crippen LogP contribution is 2.32. The number of nitrogens with one attached hydrogen (secondary N) is 3. The lowest BCUT2D eigenvalue weighted by atomic mass is 10.1. The number of carbonyl (C=O) groups is 2. The van der Waals surface area contributed by atoms with Crippen LogP contribution in [-0.4, -0.2) is 33.9 Å². The number of methoxy groups -OCH3 is 1. The smallest absolute Gasteiger partial charge is 0.417 e. The molecule has 0 bridgehead atoms. The lowest BCUT2D eigenvalue weighted by Gasteiger charge is -2.13. The molecule has 2 aromatic heterocycles. The molecule has 3 aromatic carbocycles. The van der Waals surface area contributed by atoms with Crippen LogP contribution >= 0.6 is 12.4 Å². The van der Waals surface area contributed by atoms with E-state index in [1.165, 1.54) is 31.4 Å². The van der Waals surface area contributed by atoms with Crippen LogP contribution in [0.25, 0.3) is 22.1 Å². The molecule has 3 N–H and O–H groups in total. The fraction of sp³-hybridized carbons (Fsp3) is 0.120. The molecule has 38 heavy (non-hydrogen) atoms. The summed E-state index contributed by atoms with van der Waals surface area (Å²) in [6.45, 7) is 0.113. The number of ether oxygens (including phenoxy) is 1. The molecule has 0 radical (unpaired) electrons. The molecule has 0 unspecified atom stereocenters. The number of fused-ring (bicyclic) bond motifs is 2. The number of nitrogens with zero attached hydrogens (tertiary/aromatic N) is 2. The minimum absolute atomic E-state index is 0. The zero-order chi connectivity index (χ0) is 26.2. The molecule has 2 amide bonds. The largest absolute Gasteiger partial charge is 0.423 e. The fourth-order valence-corrected chi connectivity index (χ4v) is 3.84. The Hall–Kier alpha value is -4.42. The third-order valence-corrected chi connectivity index (χ3v) is 5.41. The van der Waals surface area contributed by atoms with E-state index in [9.17, 15) is 22.8 Å². The van der Waals surface area contributed by atoms with E-state index in [2.05, 4.69) is 25.6 Å². The molecule has 2 heterocycles. The van der Waals surface area contributed by atoms with Gasteiger partial charge >= 0.3 is 12.2 Å². The third-order valence-electron chi connectivity index (χ3n) is 5.41. The number of alkyl halides is 3. The molecular weight excluding hydrogens is 527 g/mol. The lowest BCUT2D eigenvalue weighted by molar-refractivity contribution is -0.137. The van der Waals surface area contributed by atoms with Gasteiger partial charge in [0.15, 0.2) is 5.58 Å². The number of benzene rings is 3. The minimum atomic E-state index is -4.72. The van der Waals surface area contributed by atoms with Crippen molar-refractivity contribution in [2.45, 2.75) is 12.8 Å². The molecule has 0 aliphatic carbocycles. The summed E-state index contributed by atoms with van der Waals surface area (Å²) < 4.78 is 50.9. The number of anilines is 2. The van der Waals surface area contributed by atoms with Crippen LogP contribution in [0.2, 0.25) is 0 Å². The third kappa shape index (κ3) is 5.31. The second kappa shape index (κ2) is 10.5. The second-order valence-corrected chi connectivity index (χ2v) is 7.97. The standard InChI is InChI=1S/C25H18F3N5O4.ClH/c1-36-12-20-30-18-11-13(29-22(34)14-6-2-3-7-16(14)25(26,27)28)10-15(21(18)32-20)23(35)33-24-31-17-8-4-5-9-19(17)37-24;/h2-11H,12H2,1H3,(H,29,34)(H,30,32)(H,31,33,35);1H. The van der Waals surface area contributed by atoms with Crippen LogP contribution in [0.5, 0.6) is 0 Å². The maximum absolute atomic E-state index is 13.4. The SMILES string of the molecule is COCc1nc2c(C(=O)Nc3nc4ccccc4o3)cc(NC(=O)c3ccccc3C(F)(F)F)cc2[nH]1.Cl. The van der Waals surface area contributed by atoms with Crippen molar-refractivity contribution in [3.63, 3.8) is 0 Å². The molecule has 196 valence electrons. The molecule has 0 aliphatic heterocycles. The zero-order valence-electron chi connectivity index (χ0n) is 19.6. The monoisotopic (exact) mass is 545 g/mol. The number of aromatic nitrogens is 3. The molecule has 0 atom stereocenters. The quantitative estimate of drug-likeness (QED) is 0.248. The molecular formula is C25H19ClF3N5O4. The first-order valence-electron chi connectivity index (χ1n) is 10.9. The second-order valence-electron chi connectivity index (χ2n) is 7.97. The molecule has 0 fully saturated rings. The van der Waals surface area contributed by atoms with Crippen molar-refractivity contribution in [3.05, 3.63) is 83.2 Å². The highest BCUT2D eigenvalue weighted by molar-refractivity contribution is 6.13. The Bertz CT molecular complexity index is 1610. The van der Waals surface area contributed by atoms with Crippen LogP contribution in [0.15, 0.2) is 65.1 Å². The maximum Gasteiger partial charge on any atom is 0.417 e. The van der Waals surface area contributed by atoms with Gasteiger partial charge in [0.1, 0.15) is 23.5 Å². The van der Waals surface area contributed by atoms with Gasteiger partial charge in [0, 0.05) is 12.8 Å². The Morgan fingerprint density at radius 1 is 0.974 bits per heavy atom. The van der Waals surface area contributed by atoms with E-state index < -0.39 is 29.1 Å². The van der Waals surface area contributed by atoms with Gasteiger partial charge in [-0.25, -0.2) is 4.98 Å². The summed E-state index contributed by atoms with van der Waals surface area (Å²) in [5.74, 6) is -1.24. The van der Waals surface area contributed by atoms with Crippen molar-refractivity contribution < 1.29 is 31.9 Å². The summed E-state index contributed by atoms with van der Waals surface area (Å²) in [5, 5.41) is 5.01. The van der Waals surface area contributed by atoms with Gasteiger partial charge in [0.2, 0.25) is 0 Å². The van der Waals surface area contributed by atoms with E-state index in [1.54, 1.807) is 24.3 Å². The number of halogens is 4. The van der Waals surface area contributed by atoms with E-state index in [1.807, 2.05) is 0 Å². The van der Waals surface area contributed by atoms with Crippen molar-refractivity contribution in [2.24, 2.45) is 0 Å². The molecule has 0 saturated heterocycles. The van der Waals surface area contributed by atoms with Crippen molar-refractivity contribution in [3.8, 4) is 0 Å². The first-order chi connectivity index (χ1) is 17.7. The summed E-state index contributed by atoms with van der Waals surface area (Å²) in [4.78, 5) is 37.6. The predicted octanol–water partition coefficient (Wildman–Crippen LogP) is 5.80. The Labute approximate surface area is 218 Å². The van der Waals surface area contributed by atoms with Gasteiger partial charge in [0.05, 0.1) is 22.2 Å². The Morgan fingerprint density at radius 3 is 2.42 bits per heavy atom. The number of aromatic amines is 1. The number of hydrogen-bond donors (Lipinski definition) is 3. The first kappa shape index (κ1) is 26.6. The summed E-state index contributed by atoms with van der Waals surface area (Å²) in [6, 6.07) is 14.1. The van der Waals surface area contributed by atoms with Gasteiger partial charge < -0.3 is 19.5 Å². The van der Waals surface area contributed by atoms with Gasteiger partial charge in [-0.1, -0.05) is 24.3 Å². The average Bonchev–Trinajstić information content (AvgIpc) is 3.46. The van der Waals surface area contributed by atoms with Crippen LogP contribution in [0.4, 0.5) is 24.9 Å². The molecule has 5 aromatic rings. The van der Waals surface area contributed by atoms with E-state index in [4.69, 9.17) is 9.15 Å². The summed E-state index contributed by atoms with van der Waals surface area (Å²) >= 11 is 0. The van der Waals surface area contributed by atoms with Crippen LogP contribution < -0.4 is 10.6 Å². The Kier molecular flexibility index (Phi) is 7.37. The van der Waals surface area contributed by atoms with E-state index in [0.29, 0.717) is 22.4 Å². The number of amides is 2. The molecule has 9 nitrogen and oxygen atoms in total. The normalized spacial score (nSPS) is 11.4. The highest BCUT2D eigenvalue weighted by Gasteiger charge is 2.35. The van der Waals surface area contributed by atoms with E-state index >= 15 is 0 Å². The van der Waals surface area contributed by atoms with Crippen molar-refractivity contribution in [1.82, 2.24) is 15.0 Å². The van der Waals surface area contributed by atoms with E-state index in [-0.39, 0.29) is 41.8 Å². The summed E-state index contributed by atoms with van der Waals surface area (Å²) in [7, 11) is 1.47. The minimum Gasteiger partial charge on any atom is -0.423 e. The van der Waals surface area contributed by atoms with Crippen LogP contribution in [-0.2, 0) is 17.5 Å². The van der Waals surface area contributed by atoms with Crippen LogP contribution in [0.3, 0.4) is 0 Å². The number of oxazole rings is 1. The topological polar surface area (TPSA) is 122 Å². The van der Waals surface area contributed by atoms with Crippen molar-refractivity contribution in [2.75, 3.05) is 17.7 Å². The summed E-state index contributed by atoms with van der Waals surface area (Å²) in [5.41, 5.74) is 0.0844. The molecule has 5 rings (SSSR count). The number of H-pyrrole nitrogens is 1. The van der Waals surface area contributed by atoms with Gasteiger partial charge in [0.25, 0.3) is 11.8 Å². The van der Waals surface area contributed by atoms with E-state index in [0.717, 1.165) is 12.1 Å². The maximum atomic E-state index is 13.4. The van der Waals surface area contributed by atoms with Crippen LogP contribution in [0.1, 0.15) is 32.1 Å². The number of carbonyl (C=O) groups excluding carboxylic acids is 2. The number of rotatable bonds is 6. The van der Waals surface area contributed by atoms with Crippen molar-refractivity contribution >= 4 is 58.1 Å². The Balaban J connectivity index is 0.00000336. The molecule has 0 saturated carbocycles. The molecule has 0 spiro atoms. The van der Waals surface area contributed by atoms with Gasteiger partial charge in [-0.3, -0.25) is 14.9 Å². The molecule has 0 aliphatic rings. The van der Waals surface area contributed by atoms with Crippen molar-refractivity contribution in [1.29, 1.82) is 0 Å². The number of imidazole rings is 1. The molecule has 13 heteroatoms. The zero-order valence-corrected chi connectivity index (χ0v) is 20.4. The highest BCUT2D eigenvalue weighted by atomic mass is 35.5. The number of hydrogen-bond acceptors (Lipinski definition) is 6. The van der Waals surface area contributed by atoms with Crippen LogP contribution in [0, 0.1) is 0 Å². The number of para-hydroxylation sites is 2. The fourth-order valence-electron chi connectivity index (χ4n) is 3.84. The Morgan fingerprint density at radius 2 is 1.68 bits per heavy atom. The first-order valence-corrected chi connectivity index (χ1v) is 10.9.